The van der Waals surface area contributed by atoms with Crippen molar-refractivity contribution in [2.75, 3.05) is 6.54 Å². The smallest absolute Gasteiger partial charge is 0.328 e. The summed E-state index contributed by atoms with van der Waals surface area (Å²) in [4.78, 5) is 11.5. The topological polar surface area (TPSA) is 75.3 Å². The molecule has 0 saturated carbocycles. The molecule has 0 bridgehead atoms. The summed E-state index contributed by atoms with van der Waals surface area (Å²) in [5.74, 6) is 0. The molecule has 2 N–H and O–H groups in total. The molecule has 0 aromatic heterocycles. The molecule has 1 aromatic rings. The van der Waals surface area contributed by atoms with E-state index in [2.05, 4.69) is 5.32 Å². The number of carbonyl (C=O) groups is 1. The molecule has 19 heavy (non-hydrogen) atoms. The molecular formula is C12H18N2O3SZn. The molecule has 5 nitrogen and oxygen atoms in total. The molecule has 1 rings (SSSR count). The molecule has 102 valence electrons. The third kappa shape index (κ3) is 6.16. The third-order valence-electron chi connectivity index (χ3n) is 2.37. The summed E-state index contributed by atoms with van der Waals surface area (Å²) in [7, 11) is -3.78. The standard InChI is InChI=1S/C12H18N2O3S.Zn/c1-3-4-9-13-12(15)14-18(16,17)11-7-5-10(2)6-8-11;/h5-8H,3-4,9H2,1-2H3,(H2,13,14,15);. The van der Waals surface area contributed by atoms with Crippen LogP contribution in [0.5, 0.6) is 0 Å². The van der Waals surface area contributed by atoms with Crippen LogP contribution in [0.15, 0.2) is 29.2 Å². The van der Waals surface area contributed by atoms with E-state index in [1.54, 1.807) is 12.1 Å². The second kappa shape index (κ2) is 8.28. The molecule has 0 saturated heterocycles. The number of sulfonamides is 1. The van der Waals surface area contributed by atoms with Crippen molar-refractivity contribution >= 4 is 16.1 Å². The number of urea groups is 1. The maximum Gasteiger partial charge on any atom is 0.328 e. The minimum Gasteiger partial charge on any atom is -0.337 e. The van der Waals surface area contributed by atoms with Gasteiger partial charge in [-0.25, -0.2) is 17.9 Å². The Morgan fingerprint density at radius 2 is 1.79 bits per heavy atom. The van der Waals surface area contributed by atoms with E-state index in [0.717, 1.165) is 18.4 Å². The molecule has 0 aliphatic heterocycles. The summed E-state index contributed by atoms with van der Waals surface area (Å²) in [5.41, 5.74) is 0.960. The van der Waals surface area contributed by atoms with Crippen LogP contribution in [0.4, 0.5) is 4.79 Å². The first-order chi connectivity index (χ1) is 8.45. The number of rotatable bonds is 5. The number of amides is 2. The molecule has 2 amide bonds. The normalized spacial score (nSPS) is 10.4. The monoisotopic (exact) mass is 334 g/mol. The molecular weight excluding hydrogens is 318 g/mol. The maximum absolute atomic E-state index is 11.8. The summed E-state index contributed by atoms with van der Waals surface area (Å²) in [6, 6.07) is 5.62. The summed E-state index contributed by atoms with van der Waals surface area (Å²) < 4.78 is 25.6. The first kappa shape index (κ1) is 18.1. The Labute approximate surface area is 127 Å². The minimum absolute atomic E-state index is 0. The molecule has 0 spiro atoms. The van der Waals surface area contributed by atoms with Gasteiger partial charge in [-0.3, -0.25) is 0 Å². The van der Waals surface area contributed by atoms with Crippen LogP contribution in [0.25, 0.3) is 0 Å². The molecule has 0 fully saturated rings. The summed E-state index contributed by atoms with van der Waals surface area (Å²) in [5, 5.41) is 2.49. The van der Waals surface area contributed by atoms with Gasteiger partial charge in [-0.2, -0.15) is 0 Å². The number of benzene rings is 1. The fourth-order valence-corrected chi connectivity index (χ4v) is 2.24. The van der Waals surface area contributed by atoms with Crippen LogP contribution in [0.3, 0.4) is 0 Å². The average molecular weight is 336 g/mol. The van der Waals surface area contributed by atoms with Crippen LogP contribution in [0.2, 0.25) is 0 Å². The van der Waals surface area contributed by atoms with Crippen molar-refractivity contribution in [2.24, 2.45) is 0 Å². The second-order valence-corrected chi connectivity index (χ2v) is 5.71. The van der Waals surface area contributed by atoms with E-state index >= 15 is 0 Å². The summed E-state index contributed by atoms with van der Waals surface area (Å²) in [6.07, 6.45) is 1.75. The van der Waals surface area contributed by atoms with E-state index in [0.29, 0.717) is 6.54 Å². The van der Waals surface area contributed by atoms with Crippen molar-refractivity contribution in [1.82, 2.24) is 10.0 Å². The number of unbranched alkanes of at least 4 members (excludes halogenated alkanes) is 1. The number of aryl methyl sites for hydroxylation is 1. The Morgan fingerprint density at radius 3 is 2.32 bits per heavy atom. The van der Waals surface area contributed by atoms with Gasteiger partial charge in [-0.05, 0) is 25.5 Å². The van der Waals surface area contributed by atoms with Crippen molar-refractivity contribution in [3.63, 3.8) is 0 Å². The van der Waals surface area contributed by atoms with Gasteiger partial charge in [0.15, 0.2) is 0 Å². The van der Waals surface area contributed by atoms with Gasteiger partial charge in [0.1, 0.15) is 0 Å². The molecule has 0 aliphatic rings. The first-order valence-electron chi connectivity index (χ1n) is 5.83. The molecule has 1 aromatic carbocycles. The van der Waals surface area contributed by atoms with E-state index in [4.69, 9.17) is 0 Å². The first-order valence-corrected chi connectivity index (χ1v) is 7.31. The van der Waals surface area contributed by atoms with Crippen LogP contribution in [0, 0.1) is 6.92 Å². The number of hydrogen-bond donors (Lipinski definition) is 2. The van der Waals surface area contributed by atoms with Crippen molar-refractivity contribution in [3.8, 4) is 0 Å². The van der Waals surface area contributed by atoms with E-state index in [1.807, 2.05) is 18.6 Å². The Bertz CT molecular complexity index is 500. The van der Waals surface area contributed by atoms with E-state index in [1.165, 1.54) is 12.1 Å². The Kier molecular flexibility index (Phi) is 7.87. The number of nitrogens with one attached hydrogen (secondary N) is 2. The maximum atomic E-state index is 11.8. The molecule has 0 atom stereocenters. The minimum atomic E-state index is -3.78. The Morgan fingerprint density at radius 1 is 1.21 bits per heavy atom. The fourth-order valence-electron chi connectivity index (χ4n) is 1.31. The van der Waals surface area contributed by atoms with Crippen LogP contribution < -0.4 is 10.0 Å². The van der Waals surface area contributed by atoms with Crippen molar-refractivity contribution in [1.29, 1.82) is 0 Å². The number of hydrogen-bond acceptors (Lipinski definition) is 3. The molecule has 0 aliphatic carbocycles. The summed E-state index contributed by atoms with van der Waals surface area (Å²) in [6.45, 7) is 4.32. The predicted octanol–water partition coefficient (Wildman–Crippen LogP) is 1.78. The number of carbonyl (C=O) groups excluding carboxylic acids is 1. The predicted molar refractivity (Wildman–Crippen MR) is 69.8 cm³/mol. The van der Waals surface area contributed by atoms with Crippen LogP contribution >= 0.6 is 0 Å². The van der Waals surface area contributed by atoms with Crippen molar-refractivity contribution < 1.29 is 32.7 Å². The molecule has 0 unspecified atom stereocenters. The van der Waals surface area contributed by atoms with Crippen LogP contribution in [0.1, 0.15) is 25.3 Å². The third-order valence-corrected chi connectivity index (χ3v) is 3.72. The fraction of sp³-hybridized carbons (Fsp3) is 0.417. The van der Waals surface area contributed by atoms with Gasteiger partial charge in [-0.15, -0.1) is 0 Å². The quantitative estimate of drug-likeness (QED) is 0.636. The van der Waals surface area contributed by atoms with Gasteiger partial charge in [0, 0.05) is 26.0 Å². The largest absolute Gasteiger partial charge is 0.337 e. The zero-order valence-electron chi connectivity index (χ0n) is 11.3. The van der Waals surface area contributed by atoms with Gasteiger partial charge < -0.3 is 5.32 Å². The van der Waals surface area contributed by atoms with Gasteiger partial charge in [-0.1, -0.05) is 31.0 Å². The molecule has 0 heterocycles. The van der Waals surface area contributed by atoms with Crippen LogP contribution in [-0.2, 0) is 29.5 Å². The van der Waals surface area contributed by atoms with Crippen LogP contribution in [-0.4, -0.2) is 21.0 Å². The van der Waals surface area contributed by atoms with Gasteiger partial charge in [0.2, 0.25) is 0 Å². The van der Waals surface area contributed by atoms with Gasteiger partial charge in [0.25, 0.3) is 10.0 Å². The average Bonchev–Trinajstić information content (AvgIpc) is 2.29. The Balaban J connectivity index is 0.00000324. The van der Waals surface area contributed by atoms with Crippen molar-refractivity contribution in [2.45, 2.75) is 31.6 Å². The van der Waals surface area contributed by atoms with E-state index in [9.17, 15) is 13.2 Å². The summed E-state index contributed by atoms with van der Waals surface area (Å²) >= 11 is 0. The van der Waals surface area contributed by atoms with E-state index in [-0.39, 0.29) is 24.4 Å². The van der Waals surface area contributed by atoms with Gasteiger partial charge in [0.05, 0.1) is 4.90 Å². The molecule has 0 radical (unpaired) electrons. The Hall–Kier alpha value is -0.937. The zero-order valence-corrected chi connectivity index (χ0v) is 15.1. The van der Waals surface area contributed by atoms with Gasteiger partial charge >= 0.3 is 6.03 Å². The van der Waals surface area contributed by atoms with Crippen molar-refractivity contribution in [3.05, 3.63) is 29.8 Å². The van der Waals surface area contributed by atoms with E-state index < -0.39 is 16.1 Å². The SMILES string of the molecule is CCCCNC(=O)NS(=O)(=O)c1ccc(C)cc1.[Zn]. The zero-order chi connectivity index (χ0) is 13.6. The second-order valence-electron chi connectivity index (χ2n) is 4.03. The molecule has 7 heteroatoms.